The Hall–Kier alpha value is -0.330. The maximum absolute atomic E-state index is 10.2. The SMILES string of the molecule is O=CCCC1C2CCCCCC12. The van der Waals surface area contributed by atoms with Crippen molar-refractivity contribution in [3.05, 3.63) is 0 Å². The monoisotopic (exact) mass is 166 g/mol. The predicted octanol–water partition coefficient (Wildman–Crippen LogP) is 2.79. The summed E-state index contributed by atoms with van der Waals surface area (Å²) in [5.41, 5.74) is 0. The van der Waals surface area contributed by atoms with Gasteiger partial charge in [0.1, 0.15) is 6.29 Å². The molecule has 1 heteroatoms. The Morgan fingerprint density at radius 3 is 2.33 bits per heavy atom. The lowest BCUT2D eigenvalue weighted by Crippen LogP contribution is -1.87. The van der Waals surface area contributed by atoms with Crippen LogP contribution in [-0.4, -0.2) is 6.29 Å². The third kappa shape index (κ3) is 1.55. The zero-order valence-corrected chi connectivity index (χ0v) is 7.67. The molecule has 68 valence electrons. The van der Waals surface area contributed by atoms with E-state index >= 15 is 0 Å². The summed E-state index contributed by atoms with van der Waals surface area (Å²) in [6, 6.07) is 0. The zero-order valence-electron chi connectivity index (χ0n) is 7.67. The summed E-state index contributed by atoms with van der Waals surface area (Å²) in [7, 11) is 0. The fourth-order valence-corrected chi connectivity index (χ4v) is 3.01. The average molecular weight is 166 g/mol. The van der Waals surface area contributed by atoms with E-state index in [9.17, 15) is 4.79 Å². The van der Waals surface area contributed by atoms with Crippen molar-refractivity contribution in [2.24, 2.45) is 17.8 Å². The molecule has 0 radical (unpaired) electrons. The second-order valence-electron chi connectivity index (χ2n) is 4.37. The van der Waals surface area contributed by atoms with Gasteiger partial charge < -0.3 is 4.79 Å². The summed E-state index contributed by atoms with van der Waals surface area (Å²) in [5.74, 6) is 2.98. The van der Waals surface area contributed by atoms with Crippen LogP contribution in [0.3, 0.4) is 0 Å². The highest BCUT2D eigenvalue weighted by Crippen LogP contribution is 2.56. The van der Waals surface area contributed by atoms with Crippen molar-refractivity contribution in [2.75, 3.05) is 0 Å². The van der Waals surface area contributed by atoms with Gasteiger partial charge in [0, 0.05) is 6.42 Å². The summed E-state index contributed by atoms with van der Waals surface area (Å²) < 4.78 is 0. The standard InChI is InChI=1S/C11H18O/c12-8-4-7-11-9-5-2-1-3-6-10(9)11/h8-11H,1-7H2. The molecule has 0 heterocycles. The molecule has 0 aromatic carbocycles. The van der Waals surface area contributed by atoms with E-state index in [1.54, 1.807) is 0 Å². The summed E-state index contributed by atoms with van der Waals surface area (Å²) in [6.45, 7) is 0. The van der Waals surface area contributed by atoms with Crippen LogP contribution in [0.15, 0.2) is 0 Å². The maximum atomic E-state index is 10.2. The van der Waals surface area contributed by atoms with Gasteiger partial charge in [0.15, 0.2) is 0 Å². The molecular formula is C11H18O. The highest BCUT2D eigenvalue weighted by molar-refractivity contribution is 5.49. The summed E-state index contributed by atoms with van der Waals surface area (Å²) in [6.07, 6.45) is 10.3. The number of carbonyl (C=O) groups excluding carboxylic acids is 1. The number of rotatable bonds is 3. The number of aldehydes is 1. The molecule has 0 aliphatic heterocycles. The Balaban J connectivity index is 1.77. The Kier molecular flexibility index (Phi) is 2.48. The molecule has 0 N–H and O–H groups in total. The minimum absolute atomic E-state index is 0.803. The topological polar surface area (TPSA) is 17.1 Å². The average Bonchev–Trinajstić information content (AvgIpc) is 2.75. The highest BCUT2D eigenvalue weighted by Gasteiger charge is 2.48. The minimum Gasteiger partial charge on any atom is -0.303 e. The van der Waals surface area contributed by atoms with Crippen LogP contribution in [0, 0.1) is 17.8 Å². The van der Waals surface area contributed by atoms with Gasteiger partial charge in [0.2, 0.25) is 0 Å². The second-order valence-corrected chi connectivity index (χ2v) is 4.37. The van der Waals surface area contributed by atoms with Crippen molar-refractivity contribution in [1.82, 2.24) is 0 Å². The highest BCUT2D eigenvalue weighted by atomic mass is 16.1. The van der Waals surface area contributed by atoms with Gasteiger partial charge in [0.05, 0.1) is 0 Å². The lowest BCUT2D eigenvalue weighted by Gasteiger charge is -1.99. The molecule has 2 atom stereocenters. The van der Waals surface area contributed by atoms with Crippen molar-refractivity contribution in [1.29, 1.82) is 0 Å². The van der Waals surface area contributed by atoms with Crippen LogP contribution >= 0.6 is 0 Å². The first-order valence-electron chi connectivity index (χ1n) is 5.37. The van der Waals surface area contributed by atoms with Crippen LogP contribution in [-0.2, 0) is 4.79 Å². The quantitative estimate of drug-likeness (QED) is 0.589. The number of carbonyl (C=O) groups is 1. The van der Waals surface area contributed by atoms with Gasteiger partial charge in [-0.1, -0.05) is 19.3 Å². The van der Waals surface area contributed by atoms with Gasteiger partial charge >= 0.3 is 0 Å². The van der Waals surface area contributed by atoms with Crippen molar-refractivity contribution < 1.29 is 4.79 Å². The van der Waals surface area contributed by atoms with E-state index < -0.39 is 0 Å². The van der Waals surface area contributed by atoms with Gasteiger partial charge in [-0.25, -0.2) is 0 Å². The van der Waals surface area contributed by atoms with Crippen molar-refractivity contribution in [2.45, 2.75) is 44.9 Å². The Morgan fingerprint density at radius 1 is 1.08 bits per heavy atom. The molecule has 0 bridgehead atoms. The summed E-state index contributed by atoms with van der Waals surface area (Å²) in [5, 5.41) is 0. The van der Waals surface area contributed by atoms with Gasteiger partial charge in [-0.3, -0.25) is 0 Å². The van der Waals surface area contributed by atoms with Gasteiger partial charge in [-0.05, 0) is 37.0 Å². The maximum Gasteiger partial charge on any atom is 0.120 e. The van der Waals surface area contributed by atoms with Crippen molar-refractivity contribution in [3.63, 3.8) is 0 Å². The molecule has 2 fully saturated rings. The molecule has 2 saturated carbocycles. The molecule has 0 aromatic rings. The molecule has 0 amide bonds. The third-order valence-electron chi connectivity index (χ3n) is 3.70. The van der Waals surface area contributed by atoms with Gasteiger partial charge in [-0.15, -0.1) is 0 Å². The summed E-state index contributed by atoms with van der Waals surface area (Å²) in [4.78, 5) is 10.2. The van der Waals surface area contributed by atoms with Crippen molar-refractivity contribution >= 4 is 6.29 Å². The fourth-order valence-electron chi connectivity index (χ4n) is 3.01. The number of fused-ring (bicyclic) bond motifs is 1. The van der Waals surface area contributed by atoms with E-state index in [4.69, 9.17) is 0 Å². The third-order valence-corrected chi connectivity index (χ3v) is 3.70. The van der Waals surface area contributed by atoms with Crippen molar-refractivity contribution in [3.8, 4) is 0 Å². The normalized spacial score (nSPS) is 39.8. The van der Waals surface area contributed by atoms with Crippen LogP contribution in [0.5, 0.6) is 0 Å². The predicted molar refractivity (Wildman–Crippen MR) is 48.9 cm³/mol. The first kappa shape index (κ1) is 8.28. The Morgan fingerprint density at radius 2 is 1.75 bits per heavy atom. The molecule has 1 nitrogen and oxygen atoms in total. The molecule has 0 aromatic heterocycles. The van der Waals surface area contributed by atoms with E-state index in [0.29, 0.717) is 0 Å². The van der Waals surface area contributed by atoms with Crippen LogP contribution in [0.25, 0.3) is 0 Å². The first-order chi connectivity index (χ1) is 5.93. The van der Waals surface area contributed by atoms with E-state index in [-0.39, 0.29) is 0 Å². The first-order valence-corrected chi connectivity index (χ1v) is 5.37. The minimum atomic E-state index is 0.803. The zero-order chi connectivity index (χ0) is 8.39. The van der Waals surface area contributed by atoms with Crippen LogP contribution in [0.1, 0.15) is 44.9 Å². The molecule has 2 unspecified atom stereocenters. The molecule has 12 heavy (non-hydrogen) atoms. The van der Waals surface area contributed by atoms with Crippen LogP contribution in [0.2, 0.25) is 0 Å². The lowest BCUT2D eigenvalue weighted by molar-refractivity contribution is -0.108. The van der Waals surface area contributed by atoms with Crippen LogP contribution in [0.4, 0.5) is 0 Å². The molecule has 2 aliphatic carbocycles. The molecule has 2 aliphatic rings. The smallest absolute Gasteiger partial charge is 0.120 e. The van der Waals surface area contributed by atoms with Crippen LogP contribution < -0.4 is 0 Å². The number of hydrogen-bond acceptors (Lipinski definition) is 1. The second kappa shape index (κ2) is 3.59. The Labute approximate surface area is 74.5 Å². The molecule has 2 rings (SSSR count). The lowest BCUT2D eigenvalue weighted by atomic mass is 10.1. The van der Waals surface area contributed by atoms with E-state index in [0.717, 1.165) is 30.5 Å². The van der Waals surface area contributed by atoms with E-state index in [1.807, 2.05) is 0 Å². The molecular weight excluding hydrogens is 148 g/mol. The molecule has 0 spiro atoms. The fraction of sp³-hybridized carbons (Fsp3) is 0.909. The van der Waals surface area contributed by atoms with Gasteiger partial charge in [-0.2, -0.15) is 0 Å². The van der Waals surface area contributed by atoms with E-state index in [1.165, 1.54) is 38.5 Å². The Bertz CT molecular complexity index is 152. The largest absolute Gasteiger partial charge is 0.303 e. The number of hydrogen-bond donors (Lipinski definition) is 0. The summed E-state index contributed by atoms with van der Waals surface area (Å²) >= 11 is 0. The molecule has 0 saturated heterocycles. The van der Waals surface area contributed by atoms with E-state index in [2.05, 4.69) is 0 Å². The van der Waals surface area contributed by atoms with Gasteiger partial charge in [0.25, 0.3) is 0 Å².